The van der Waals surface area contributed by atoms with Gasteiger partial charge < -0.3 is 4.98 Å². The third kappa shape index (κ3) is 5.24. The summed E-state index contributed by atoms with van der Waals surface area (Å²) in [7, 11) is -3.11. The van der Waals surface area contributed by atoms with Crippen LogP contribution in [0.3, 0.4) is 0 Å². The van der Waals surface area contributed by atoms with Crippen LogP contribution >= 0.6 is 0 Å². The largest absolute Gasteiger partial charge is 0.321 e. The van der Waals surface area contributed by atoms with E-state index in [4.69, 9.17) is 0 Å². The van der Waals surface area contributed by atoms with Crippen molar-refractivity contribution in [2.45, 2.75) is 13.5 Å². The maximum absolute atomic E-state index is 12.4. The minimum Gasteiger partial charge on any atom is -0.321 e. The van der Waals surface area contributed by atoms with E-state index in [1.54, 1.807) is 6.92 Å². The first-order valence-corrected chi connectivity index (χ1v) is 12.3. The van der Waals surface area contributed by atoms with Gasteiger partial charge >= 0.3 is 0 Å². The van der Waals surface area contributed by atoms with Crippen LogP contribution in [0.4, 0.5) is 5.69 Å². The van der Waals surface area contributed by atoms with E-state index in [9.17, 15) is 13.2 Å². The van der Waals surface area contributed by atoms with Gasteiger partial charge in [-0.3, -0.25) is 15.1 Å². The Morgan fingerprint density at radius 3 is 2.44 bits per heavy atom. The fourth-order valence-electron chi connectivity index (χ4n) is 3.79. The number of benzene rings is 2. The molecule has 32 heavy (non-hydrogen) atoms. The average Bonchev–Trinajstić information content (AvgIpc) is 2.77. The molecule has 0 bridgehead atoms. The van der Waals surface area contributed by atoms with Gasteiger partial charge in [-0.15, -0.1) is 0 Å². The number of hydrazone groups is 1. The number of fused-ring (bicyclic) bond motifs is 1. The molecule has 8 nitrogen and oxygen atoms in total. The van der Waals surface area contributed by atoms with E-state index in [1.807, 2.05) is 54.6 Å². The molecule has 1 fully saturated rings. The molecule has 0 radical (unpaired) electrons. The minimum absolute atomic E-state index is 0.168. The first kappa shape index (κ1) is 22.2. The van der Waals surface area contributed by atoms with Crippen molar-refractivity contribution in [3.05, 3.63) is 76.1 Å². The van der Waals surface area contributed by atoms with Gasteiger partial charge in [-0.1, -0.05) is 30.3 Å². The van der Waals surface area contributed by atoms with Crippen LogP contribution in [0.5, 0.6) is 0 Å². The van der Waals surface area contributed by atoms with Crippen molar-refractivity contribution in [2.75, 3.05) is 37.9 Å². The number of para-hydroxylation sites is 1. The average molecular weight is 454 g/mol. The molecule has 0 amide bonds. The lowest BCUT2D eigenvalue weighted by Gasteiger charge is -2.33. The van der Waals surface area contributed by atoms with E-state index in [2.05, 4.69) is 20.4 Å². The van der Waals surface area contributed by atoms with E-state index in [0.717, 1.165) is 41.8 Å². The highest BCUT2D eigenvalue weighted by Crippen LogP contribution is 2.15. The van der Waals surface area contributed by atoms with Crippen LogP contribution in [0.2, 0.25) is 0 Å². The van der Waals surface area contributed by atoms with E-state index < -0.39 is 10.0 Å². The number of nitrogens with zero attached hydrogens (tertiary/aromatic N) is 3. The van der Waals surface area contributed by atoms with Gasteiger partial charge in [0.1, 0.15) is 0 Å². The summed E-state index contributed by atoms with van der Waals surface area (Å²) in [6.45, 7) is 5.07. The number of sulfonamides is 1. The summed E-state index contributed by atoms with van der Waals surface area (Å²) in [6, 6.07) is 17.4. The first-order valence-electron chi connectivity index (χ1n) is 10.5. The van der Waals surface area contributed by atoms with Crippen molar-refractivity contribution in [2.24, 2.45) is 5.10 Å². The third-order valence-electron chi connectivity index (χ3n) is 5.66. The number of aromatic amines is 1. The number of piperazine rings is 1. The Morgan fingerprint density at radius 2 is 1.75 bits per heavy atom. The Hall–Kier alpha value is -3.01. The van der Waals surface area contributed by atoms with Gasteiger partial charge in [0.25, 0.3) is 5.56 Å². The summed E-state index contributed by atoms with van der Waals surface area (Å²) >= 11 is 0. The van der Waals surface area contributed by atoms with Gasteiger partial charge in [0.05, 0.1) is 23.2 Å². The summed E-state index contributed by atoms with van der Waals surface area (Å²) in [4.78, 5) is 17.5. The van der Waals surface area contributed by atoms with Crippen LogP contribution in [0.25, 0.3) is 10.9 Å². The van der Waals surface area contributed by atoms with Crippen molar-refractivity contribution >= 4 is 32.3 Å². The van der Waals surface area contributed by atoms with E-state index >= 15 is 0 Å². The summed E-state index contributed by atoms with van der Waals surface area (Å²) < 4.78 is 24.8. The van der Waals surface area contributed by atoms with Crippen LogP contribution in [-0.4, -0.2) is 60.8 Å². The van der Waals surface area contributed by atoms with Gasteiger partial charge in [-0.05, 0) is 42.1 Å². The highest BCUT2D eigenvalue weighted by Gasteiger charge is 2.23. The number of rotatable bonds is 6. The van der Waals surface area contributed by atoms with Crippen molar-refractivity contribution in [1.82, 2.24) is 14.2 Å². The molecular formula is C23H27N5O3S. The predicted molar refractivity (Wildman–Crippen MR) is 129 cm³/mol. The molecule has 2 heterocycles. The van der Waals surface area contributed by atoms with Gasteiger partial charge in [0.15, 0.2) is 0 Å². The zero-order chi connectivity index (χ0) is 22.7. The van der Waals surface area contributed by atoms with Gasteiger partial charge in [-0.2, -0.15) is 9.41 Å². The molecule has 0 atom stereocenters. The highest BCUT2D eigenvalue weighted by atomic mass is 32.2. The fraction of sp³-hybridized carbons (Fsp3) is 0.304. The van der Waals surface area contributed by atoms with E-state index in [1.165, 1.54) is 10.6 Å². The topological polar surface area (TPSA) is 97.9 Å². The monoisotopic (exact) mass is 453 g/mol. The second-order valence-electron chi connectivity index (χ2n) is 8.04. The summed E-state index contributed by atoms with van der Waals surface area (Å²) in [6.07, 6.45) is 1.26. The van der Waals surface area contributed by atoms with Crippen LogP contribution in [-0.2, 0) is 16.6 Å². The number of H-pyrrole nitrogens is 1. The molecule has 1 aromatic heterocycles. The lowest BCUT2D eigenvalue weighted by atomic mass is 10.1. The number of hydrogen-bond donors (Lipinski definition) is 2. The van der Waals surface area contributed by atoms with Crippen molar-refractivity contribution in [3.8, 4) is 0 Å². The van der Waals surface area contributed by atoms with Gasteiger partial charge in [0.2, 0.25) is 10.0 Å². The van der Waals surface area contributed by atoms with Crippen LogP contribution < -0.4 is 11.0 Å². The SMILES string of the molecule is C/C(=N/Nc1ccc(CN2CCN(S(C)(=O)=O)CC2)cc1)c1cc2ccccc2[nH]c1=O. The standard InChI is InChI=1S/C23H27N5O3S/c1-17(21-15-19-5-3-4-6-22(19)24-23(21)29)25-26-20-9-7-18(8-10-20)16-27-11-13-28(14-12-27)32(2,30)31/h3-10,15,26H,11-14,16H2,1-2H3,(H,24,29)/b25-17-. The molecule has 3 aromatic rings. The number of hydrogen-bond acceptors (Lipinski definition) is 6. The zero-order valence-electron chi connectivity index (χ0n) is 18.2. The molecule has 1 aliphatic rings. The number of nitrogens with one attached hydrogen (secondary N) is 2. The zero-order valence-corrected chi connectivity index (χ0v) is 19.0. The molecule has 2 N–H and O–H groups in total. The Kier molecular flexibility index (Phi) is 6.40. The van der Waals surface area contributed by atoms with Gasteiger partial charge in [0, 0.05) is 38.2 Å². The fourth-order valence-corrected chi connectivity index (χ4v) is 4.61. The Labute approximate surface area is 187 Å². The maximum atomic E-state index is 12.4. The molecule has 0 unspecified atom stereocenters. The normalized spacial score (nSPS) is 16.4. The molecule has 9 heteroatoms. The quantitative estimate of drug-likeness (QED) is 0.441. The van der Waals surface area contributed by atoms with Crippen molar-refractivity contribution in [3.63, 3.8) is 0 Å². The Balaban J connectivity index is 1.37. The molecule has 168 valence electrons. The molecule has 0 saturated carbocycles. The summed E-state index contributed by atoms with van der Waals surface area (Å²) in [5.41, 5.74) is 6.76. The summed E-state index contributed by atoms with van der Waals surface area (Å²) in [5, 5.41) is 5.34. The first-order chi connectivity index (χ1) is 15.3. The summed E-state index contributed by atoms with van der Waals surface area (Å²) in [5.74, 6) is 0. The Bertz CT molecular complexity index is 1290. The molecular weight excluding hydrogens is 426 g/mol. The maximum Gasteiger partial charge on any atom is 0.257 e. The van der Waals surface area contributed by atoms with Crippen molar-refractivity contribution in [1.29, 1.82) is 0 Å². The molecule has 1 saturated heterocycles. The highest BCUT2D eigenvalue weighted by molar-refractivity contribution is 7.88. The minimum atomic E-state index is -3.11. The van der Waals surface area contributed by atoms with Gasteiger partial charge in [-0.25, -0.2) is 8.42 Å². The number of pyridine rings is 1. The smallest absolute Gasteiger partial charge is 0.257 e. The molecule has 4 rings (SSSR count). The molecule has 0 aliphatic carbocycles. The number of aromatic nitrogens is 1. The molecule has 1 aliphatic heterocycles. The van der Waals surface area contributed by atoms with Crippen molar-refractivity contribution < 1.29 is 8.42 Å². The Morgan fingerprint density at radius 1 is 1.06 bits per heavy atom. The number of anilines is 1. The van der Waals surface area contributed by atoms with Crippen LogP contribution in [0.15, 0.2) is 64.5 Å². The second-order valence-corrected chi connectivity index (χ2v) is 10.0. The molecule has 0 spiro atoms. The van der Waals surface area contributed by atoms with Crippen LogP contribution in [0, 0.1) is 0 Å². The lowest BCUT2D eigenvalue weighted by molar-refractivity contribution is 0.182. The van der Waals surface area contributed by atoms with E-state index in [0.29, 0.717) is 24.4 Å². The second kappa shape index (κ2) is 9.23. The van der Waals surface area contributed by atoms with Crippen LogP contribution in [0.1, 0.15) is 18.1 Å². The molecule has 2 aromatic carbocycles. The predicted octanol–water partition coefficient (Wildman–Crippen LogP) is 2.44. The lowest BCUT2D eigenvalue weighted by Crippen LogP contribution is -2.47. The van der Waals surface area contributed by atoms with E-state index in [-0.39, 0.29) is 5.56 Å². The third-order valence-corrected chi connectivity index (χ3v) is 6.96.